The number of rotatable bonds is 5. The van der Waals surface area contributed by atoms with E-state index in [0.29, 0.717) is 40.4 Å². The Balaban J connectivity index is 1.21. The summed E-state index contributed by atoms with van der Waals surface area (Å²) in [5, 5.41) is 13.0. The van der Waals surface area contributed by atoms with Crippen LogP contribution in [0.2, 0.25) is 0 Å². The highest BCUT2D eigenvalue weighted by atomic mass is 32.2. The Morgan fingerprint density at radius 2 is 2.03 bits per heavy atom. The molecule has 2 aliphatic heterocycles. The predicted octanol–water partition coefficient (Wildman–Crippen LogP) is 4.86. The molecule has 1 atom stereocenters. The molecule has 0 bridgehead atoms. The standard InChI is InChI=1S/C24H23FN6OS2/c25-16-3-1-4-17(13-16)26-23-22-18(8-12-34(22)32)27-24(28-23)31-9-6-15(7-10-31)19-14-20(30-29-19)21-5-2-11-33-21/h1-5,11,13-15H,6-10,12H2,(H,29,30)(H,26,27,28). The van der Waals surface area contributed by atoms with Crippen molar-refractivity contribution in [3.8, 4) is 10.6 Å². The maximum Gasteiger partial charge on any atom is 0.227 e. The Kier molecular flexibility index (Phi) is 5.72. The van der Waals surface area contributed by atoms with Crippen LogP contribution in [0, 0.1) is 5.82 Å². The lowest BCUT2D eigenvalue weighted by Crippen LogP contribution is -2.34. The van der Waals surface area contributed by atoms with Crippen LogP contribution in [0.1, 0.15) is 30.1 Å². The van der Waals surface area contributed by atoms with Crippen LogP contribution in [0.3, 0.4) is 0 Å². The SMILES string of the molecule is [O-][S+]1CCc2nc(N3CCC(c4cc(-c5cccs5)[nH]n4)CC3)nc(Nc3cccc(F)c3)c21. The molecular weight excluding hydrogens is 471 g/mol. The van der Waals surface area contributed by atoms with Gasteiger partial charge in [-0.05, 0) is 59.7 Å². The number of halogens is 1. The van der Waals surface area contributed by atoms with Gasteiger partial charge < -0.3 is 14.8 Å². The van der Waals surface area contributed by atoms with Crippen LogP contribution in [0.15, 0.2) is 52.7 Å². The van der Waals surface area contributed by atoms with Crippen LogP contribution in [-0.4, -0.2) is 43.6 Å². The van der Waals surface area contributed by atoms with Crippen LogP contribution in [0.4, 0.5) is 21.8 Å². The summed E-state index contributed by atoms with van der Waals surface area (Å²) in [7, 11) is 0. The van der Waals surface area contributed by atoms with E-state index in [-0.39, 0.29) is 5.82 Å². The van der Waals surface area contributed by atoms with Crippen molar-refractivity contribution in [3.05, 3.63) is 65.0 Å². The molecule has 1 fully saturated rings. The summed E-state index contributed by atoms with van der Waals surface area (Å²) in [6.45, 7) is 1.63. The third kappa shape index (κ3) is 4.17. The van der Waals surface area contributed by atoms with Crippen LogP contribution < -0.4 is 10.2 Å². The maximum atomic E-state index is 13.7. The second-order valence-electron chi connectivity index (χ2n) is 8.53. The van der Waals surface area contributed by atoms with Crippen molar-refractivity contribution in [2.24, 2.45) is 0 Å². The molecule has 0 aliphatic carbocycles. The number of thiophene rings is 1. The lowest BCUT2D eigenvalue weighted by Gasteiger charge is -2.31. The number of aromatic nitrogens is 4. The Labute approximate surface area is 203 Å². The highest BCUT2D eigenvalue weighted by molar-refractivity contribution is 7.91. The van der Waals surface area contributed by atoms with E-state index >= 15 is 0 Å². The van der Waals surface area contributed by atoms with Gasteiger partial charge in [-0.15, -0.1) is 11.3 Å². The summed E-state index contributed by atoms with van der Waals surface area (Å²) in [6, 6.07) is 12.5. The largest absolute Gasteiger partial charge is 0.611 e. The van der Waals surface area contributed by atoms with Crippen molar-refractivity contribution in [2.75, 3.05) is 29.1 Å². The number of aryl methyl sites for hydroxylation is 1. The first-order valence-corrected chi connectivity index (χ1v) is 13.5. The van der Waals surface area contributed by atoms with Crippen LogP contribution >= 0.6 is 11.3 Å². The van der Waals surface area contributed by atoms with E-state index in [1.54, 1.807) is 23.5 Å². The molecule has 5 heterocycles. The summed E-state index contributed by atoms with van der Waals surface area (Å²) in [4.78, 5) is 13.5. The number of fused-ring (bicyclic) bond motifs is 1. The average molecular weight is 495 g/mol. The van der Waals surface area contributed by atoms with Crippen molar-refractivity contribution in [1.29, 1.82) is 0 Å². The van der Waals surface area contributed by atoms with Gasteiger partial charge in [-0.25, -0.2) is 9.37 Å². The number of nitrogens with zero attached hydrogens (tertiary/aromatic N) is 4. The number of piperidine rings is 1. The Morgan fingerprint density at radius 1 is 1.15 bits per heavy atom. The van der Waals surface area contributed by atoms with Gasteiger partial charge in [0.15, 0.2) is 5.82 Å². The van der Waals surface area contributed by atoms with Gasteiger partial charge in [0.05, 0.1) is 16.3 Å². The summed E-state index contributed by atoms with van der Waals surface area (Å²) in [6.07, 6.45) is 2.56. The van der Waals surface area contributed by atoms with Crippen molar-refractivity contribution in [2.45, 2.75) is 30.1 Å². The molecule has 1 aromatic carbocycles. The Bertz CT molecular complexity index is 1300. The fraction of sp³-hybridized carbons (Fsp3) is 0.292. The number of benzene rings is 1. The predicted molar refractivity (Wildman–Crippen MR) is 133 cm³/mol. The molecule has 3 aromatic heterocycles. The average Bonchev–Trinajstić information content (AvgIpc) is 3.61. The van der Waals surface area contributed by atoms with Crippen molar-refractivity contribution >= 4 is 40.0 Å². The number of anilines is 3. The molecule has 7 nitrogen and oxygen atoms in total. The molecule has 1 unspecified atom stereocenters. The highest BCUT2D eigenvalue weighted by Gasteiger charge is 2.33. The van der Waals surface area contributed by atoms with Gasteiger partial charge in [-0.1, -0.05) is 12.1 Å². The molecule has 4 aromatic rings. The maximum absolute atomic E-state index is 13.7. The minimum Gasteiger partial charge on any atom is -0.611 e. The zero-order valence-corrected chi connectivity index (χ0v) is 20.0. The minimum absolute atomic E-state index is 0.334. The van der Waals surface area contributed by atoms with E-state index in [1.165, 1.54) is 17.0 Å². The number of hydrogen-bond donors (Lipinski definition) is 2. The van der Waals surface area contributed by atoms with Crippen LogP contribution in [-0.2, 0) is 17.6 Å². The monoisotopic (exact) mass is 494 g/mol. The normalized spacial score (nSPS) is 18.3. The second-order valence-corrected chi connectivity index (χ2v) is 11.0. The van der Waals surface area contributed by atoms with Gasteiger partial charge in [-0.3, -0.25) is 5.10 Å². The quantitative estimate of drug-likeness (QED) is 0.385. The molecule has 174 valence electrons. The summed E-state index contributed by atoms with van der Waals surface area (Å²) in [5.41, 5.74) is 3.56. The molecular formula is C24H23FN6OS2. The second kappa shape index (κ2) is 9.01. The molecule has 1 saturated heterocycles. The first kappa shape index (κ1) is 21.6. The van der Waals surface area contributed by atoms with Gasteiger partial charge in [0.2, 0.25) is 10.8 Å². The molecule has 6 rings (SSSR count). The molecule has 0 spiro atoms. The number of hydrogen-bond acceptors (Lipinski definition) is 7. The van der Waals surface area contributed by atoms with E-state index in [0.717, 1.165) is 43.0 Å². The first-order chi connectivity index (χ1) is 16.6. The van der Waals surface area contributed by atoms with E-state index < -0.39 is 11.2 Å². The van der Waals surface area contributed by atoms with Gasteiger partial charge in [0.1, 0.15) is 17.3 Å². The van der Waals surface area contributed by atoms with E-state index in [4.69, 9.17) is 9.97 Å². The molecule has 10 heteroatoms. The Morgan fingerprint density at radius 3 is 2.82 bits per heavy atom. The number of H-pyrrole nitrogens is 1. The van der Waals surface area contributed by atoms with Gasteiger partial charge in [0, 0.05) is 31.1 Å². The summed E-state index contributed by atoms with van der Waals surface area (Å²) in [5.74, 6) is 1.74. The van der Waals surface area contributed by atoms with Gasteiger partial charge >= 0.3 is 0 Å². The molecule has 0 saturated carbocycles. The fourth-order valence-corrected chi connectivity index (χ4v) is 6.59. The molecule has 34 heavy (non-hydrogen) atoms. The van der Waals surface area contributed by atoms with Crippen molar-refractivity contribution < 1.29 is 8.94 Å². The molecule has 0 radical (unpaired) electrons. The highest BCUT2D eigenvalue weighted by Crippen LogP contribution is 2.36. The zero-order valence-electron chi connectivity index (χ0n) is 18.3. The van der Waals surface area contributed by atoms with Crippen LogP contribution in [0.5, 0.6) is 0 Å². The third-order valence-electron chi connectivity index (χ3n) is 6.34. The van der Waals surface area contributed by atoms with E-state index in [1.807, 2.05) is 6.07 Å². The van der Waals surface area contributed by atoms with E-state index in [2.05, 4.69) is 37.9 Å². The minimum atomic E-state index is -1.15. The van der Waals surface area contributed by atoms with Crippen molar-refractivity contribution in [1.82, 2.24) is 20.2 Å². The zero-order chi connectivity index (χ0) is 23.1. The molecule has 0 amide bonds. The smallest absolute Gasteiger partial charge is 0.227 e. The lowest BCUT2D eigenvalue weighted by atomic mass is 9.93. The molecule has 2 aliphatic rings. The summed E-state index contributed by atoms with van der Waals surface area (Å²) >= 11 is 0.548. The number of nitrogens with one attached hydrogen (secondary N) is 2. The summed E-state index contributed by atoms with van der Waals surface area (Å²) < 4.78 is 26.3. The van der Waals surface area contributed by atoms with Crippen LogP contribution in [0.25, 0.3) is 10.6 Å². The third-order valence-corrected chi connectivity index (χ3v) is 8.71. The Hall–Kier alpha value is -2.95. The lowest BCUT2D eigenvalue weighted by molar-refractivity contribution is 0.489. The van der Waals surface area contributed by atoms with Gasteiger partial charge in [0.25, 0.3) is 0 Å². The van der Waals surface area contributed by atoms with Crippen molar-refractivity contribution in [3.63, 3.8) is 0 Å². The fourth-order valence-electron chi connectivity index (χ4n) is 4.59. The molecule has 2 N–H and O–H groups in total. The van der Waals surface area contributed by atoms with Gasteiger partial charge in [-0.2, -0.15) is 10.1 Å². The first-order valence-electron chi connectivity index (χ1n) is 11.3. The topological polar surface area (TPSA) is 92.8 Å². The van der Waals surface area contributed by atoms with E-state index in [9.17, 15) is 8.94 Å². The number of aromatic amines is 1.